The minimum absolute atomic E-state index is 0. The summed E-state index contributed by atoms with van der Waals surface area (Å²) < 4.78 is 0. The molecule has 0 bridgehead atoms. The molecule has 1 aliphatic heterocycles. The molecule has 0 saturated carbocycles. The van der Waals surface area contributed by atoms with Gasteiger partial charge in [-0.2, -0.15) is 0 Å². The summed E-state index contributed by atoms with van der Waals surface area (Å²) in [6.45, 7) is 3.99. The lowest BCUT2D eigenvalue weighted by Gasteiger charge is -2.25. The van der Waals surface area contributed by atoms with Gasteiger partial charge >= 0.3 is 0 Å². The predicted octanol–water partition coefficient (Wildman–Crippen LogP) is 2.07. The molecule has 1 aromatic heterocycles. The highest BCUT2D eigenvalue weighted by molar-refractivity contribution is 5.85. The third-order valence-corrected chi connectivity index (χ3v) is 3.54. The normalized spacial score (nSPS) is 17.3. The van der Waals surface area contributed by atoms with E-state index in [0.29, 0.717) is 0 Å². The lowest BCUT2D eigenvalue weighted by Crippen LogP contribution is -2.39. The largest absolute Gasteiger partial charge is 0.349 e. The molecule has 2 heterocycles. The van der Waals surface area contributed by atoms with Crippen LogP contribution in [0.5, 0.6) is 0 Å². The number of pyridine rings is 1. The Morgan fingerprint density at radius 1 is 1.42 bits per heavy atom. The Hall–Kier alpha value is -1.13. The number of hydrogen-bond donors (Lipinski definition) is 2. The van der Waals surface area contributed by atoms with Crippen LogP contribution >= 0.6 is 12.4 Å². The molecule has 0 aromatic carbocycles. The van der Waals surface area contributed by atoms with Crippen LogP contribution in [0.3, 0.4) is 0 Å². The van der Waals surface area contributed by atoms with Crippen LogP contribution in [0, 0.1) is 5.92 Å². The molecule has 4 nitrogen and oxygen atoms in total. The van der Waals surface area contributed by atoms with Gasteiger partial charge in [-0.15, -0.1) is 12.4 Å². The van der Waals surface area contributed by atoms with Gasteiger partial charge in [-0.05, 0) is 50.0 Å². The fourth-order valence-electron chi connectivity index (χ4n) is 2.39. The number of nitrogens with zero attached hydrogens (tertiary/aromatic N) is 1. The van der Waals surface area contributed by atoms with Crippen molar-refractivity contribution in [2.45, 2.75) is 32.2 Å². The average molecular weight is 284 g/mol. The van der Waals surface area contributed by atoms with Crippen molar-refractivity contribution < 1.29 is 4.79 Å². The first-order valence-corrected chi connectivity index (χ1v) is 6.72. The van der Waals surface area contributed by atoms with Gasteiger partial charge in [-0.3, -0.25) is 9.78 Å². The molecule has 1 fully saturated rings. The van der Waals surface area contributed by atoms with E-state index in [0.717, 1.165) is 37.9 Å². The number of rotatable bonds is 4. The first kappa shape index (κ1) is 15.9. The standard InChI is InChI=1S/C14H21N3O.ClH/c1-2-13(11-3-7-15-8-4-11)17-14(18)12-5-9-16-10-6-12;/h3-4,7-8,12-13,16H,2,5-6,9-10H2,1H3,(H,17,18);1H. The molecular weight excluding hydrogens is 262 g/mol. The number of halogens is 1. The summed E-state index contributed by atoms with van der Waals surface area (Å²) in [7, 11) is 0. The van der Waals surface area contributed by atoms with E-state index in [1.165, 1.54) is 0 Å². The van der Waals surface area contributed by atoms with Gasteiger partial charge in [-0.1, -0.05) is 6.92 Å². The van der Waals surface area contributed by atoms with E-state index in [9.17, 15) is 4.79 Å². The summed E-state index contributed by atoms with van der Waals surface area (Å²) in [5, 5.41) is 6.44. The Morgan fingerprint density at radius 3 is 2.63 bits per heavy atom. The quantitative estimate of drug-likeness (QED) is 0.889. The first-order valence-electron chi connectivity index (χ1n) is 6.72. The summed E-state index contributed by atoms with van der Waals surface area (Å²) in [6.07, 6.45) is 6.33. The van der Waals surface area contributed by atoms with Gasteiger partial charge in [0, 0.05) is 18.3 Å². The minimum atomic E-state index is 0. The molecule has 1 aliphatic rings. The molecule has 0 aliphatic carbocycles. The number of hydrogen-bond acceptors (Lipinski definition) is 3. The van der Waals surface area contributed by atoms with Crippen LogP contribution in [-0.2, 0) is 4.79 Å². The molecular formula is C14H22ClN3O. The van der Waals surface area contributed by atoms with Gasteiger partial charge < -0.3 is 10.6 Å². The Morgan fingerprint density at radius 2 is 2.05 bits per heavy atom. The summed E-state index contributed by atoms with van der Waals surface area (Å²) in [5.74, 6) is 0.363. The second-order valence-electron chi connectivity index (χ2n) is 4.77. The summed E-state index contributed by atoms with van der Waals surface area (Å²) in [6, 6.07) is 4.05. The SMILES string of the molecule is CCC(NC(=O)C1CCNCC1)c1ccncc1.Cl. The van der Waals surface area contributed by atoms with Crippen molar-refractivity contribution in [2.24, 2.45) is 5.92 Å². The Labute approximate surface area is 120 Å². The highest BCUT2D eigenvalue weighted by atomic mass is 35.5. The van der Waals surface area contributed by atoms with Crippen LogP contribution in [0.15, 0.2) is 24.5 Å². The van der Waals surface area contributed by atoms with Crippen LogP contribution in [0.4, 0.5) is 0 Å². The Bertz CT molecular complexity index is 380. The van der Waals surface area contributed by atoms with Crippen LogP contribution in [0.2, 0.25) is 0 Å². The number of amides is 1. The molecule has 0 radical (unpaired) electrons. The van der Waals surface area contributed by atoms with Gasteiger partial charge in [0.2, 0.25) is 5.91 Å². The van der Waals surface area contributed by atoms with Crippen molar-refractivity contribution in [3.05, 3.63) is 30.1 Å². The second kappa shape index (κ2) is 8.12. The molecule has 1 aromatic rings. The highest BCUT2D eigenvalue weighted by Crippen LogP contribution is 2.18. The zero-order valence-electron chi connectivity index (χ0n) is 11.3. The zero-order chi connectivity index (χ0) is 12.8. The third kappa shape index (κ3) is 4.48. The van der Waals surface area contributed by atoms with Crippen molar-refractivity contribution in [1.82, 2.24) is 15.6 Å². The molecule has 1 saturated heterocycles. The maximum absolute atomic E-state index is 12.2. The van der Waals surface area contributed by atoms with Crippen molar-refractivity contribution >= 4 is 18.3 Å². The summed E-state index contributed by atoms with van der Waals surface area (Å²) in [4.78, 5) is 16.2. The number of piperidine rings is 1. The van der Waals surface area contributed by atoms with E-state index in [2.05, 4.69) is 22.5 Å². The van der Waals surface area contributed by atoms with E-state index in [1.54, 1.807) is 12.4 Å². The molecule has 1 amide bonds. The van der Waals surface area contributed by atoms with E-state index < -0.39 is 0 Å². The van der Waals surface area contributed by atoms with Crippen LogP contribution in [0.25, 0.3) is 0 Å². The highest BCUT2D eigenvalue weighted by Gasteiger charge is 2.23. The third-order valence-electron chi connectivity index (χ3n) is 3.54. The fraction of sp³-hybridized carbons (Fsp3) is 0.571. The fourth-order valence-corrected chi connectivity index (χ4v) is 2.39. The van der Waals surface area contributed by atoms with Crippen molar-refractivity contribution in [2.75, 3.05) is 13.1 Å². The number of carbonyl (C=O) groups is 1. The summed E-state index contributed by atoms with van der Waals surface area (Å²) >= 11 is 0. The van der Waals surface area contributed by atoms with Crippen LogP contribution in [0.1, 0.15) is 37.8 Å². The minimum Gasteiger partial charge on any atom is -0.349 e. The molecule has 2 rings (SSSR count). The van der Waals surface area contributed by atoms with Gasteiger partial charge in [0.15, 0.2) is 0 Å². The molecule has 106 valence electrons. The summed E-state index contributed by atoms with van der Waals surface area (Å²) in [5.41, 5.74) is 1.13. The van der Waals surface area contributed by atoms with E-state index >= 15 is 0 Å². The molecule has 19 heavy (non-hydrogen) atoms. The molecule has 0 spiro atoms. The molecule has 1 atom stereocenters. The molecule has 5 heteroatoms. The molecule has 2 N–H and O–H groups in total. The monoisotopic (exact) mass is 283 g/mol. The first-order chi connectivity index (χ1) is 8.81. The second-order valence-corrected chi connectivity index (χ2v) is 4.77. The van der Waals surface area contributed by atoms with Gasteiger partial charge in [-0.25, -0.2) is 0 Å². The Kier molecular flexibility index (Phi) is 6.81. The van der Waals surface area contributed by atoms with Crippen molar-refractivity contribution in [3.8, 4) is 0 Å². The smallest absolute Gasteiger partial charge is 0.223 e. The number of nitrogens with one attached hydrogen (secondary N) is 2. The maximum Gasteiger partial charge on any atom is 0.223 e. The van der Waals surface area contributed by atoms with Gasteiger partial charge in [0.1, 0.15) is 0 Å². The van der Waals surface area contributed by atoms with Crippen molar-refractivity contribution in [1.29, 1.82) is 0 Å². The van der Waals surface area contributed by atoms with Crippen LogP contribution in [-0.4, -0.2) is 24.0 Å². The maximum atomic E-state index is 12.2. The predicted molar refractivity (Wildman–Crippen MR) is 78.3 cm³/mol. The van der Waals surface area contributed by atoms with Crippen LogP contribution < -0.4 is 10.6 Å². The van der Waals surface area contributed by atoms with E-state index in [4.69, 9.17) is 0 Å². The number of carbonyl (C=O) groups excluding carboxylic acids is 1. The lowest BCUT2D eigenvalue weighted by atomic mass is 9.96. The lowest BCUT2D eigenvalue weighted by molar-refractivity contribution is -0.126. The number of aromatic nitrogens is 1. The topological polar surface area (TPSA) is 54.0 Å². The van der Waals surface area contributed by atoms with Crippen molar-refractivity contribution in [3.63, 3.8) is 0 Å². The van der Waals surface area contributed by atoms with Gasteiger partial charge in [0.05, 0.1) is 6.04 Å². The van der Waals surface area contributed by atoms with E-state index in [1.807, 2.05) is 12.1 Å². The average Bonchev–Trinajstić information content (AvgIpc) is 2.46. The van der Waals surface area contributed by atoms with Gasteiger partial charge in [0.25, 0.3) is 0 Å². The Balaban J connectivity index is 0.00000180. The zero-order valence-corrected chi connectivity index (χ0v) is 12.1. The molecule has 1 unspecified atom stereocenters. The van der Waals surface area contributed by atoms with E-state index in [-0.39, 0.29) is 30.3 Å².